The van der Waals surface area contributed by atoms with Crippen LogP contribution in [0.3, 0.4) is 0 Å². The van der Waals surface area contributed by atoms with Gasteiger partial charge in [-0.05, 0) is 26.5 Å². The van der Waals surface area contributed by atoms with Gasteiger partial charge in [-0.2, -0.15) is 0 Å². The minimum absolute atomic E-state index is 0.975. The molecule has 0 unspecified atom stereocenters. The Labute approximate surface area is 95.2 Å². The van der Waals surface area contributed by atoms with Crippen molar-refractivity contribution >= 4 is 0 Å². The van der Waals surface area contributed by atoms with E-state index in [1.807, 2.05) is 0 Å². The van der Waals surface area contributed by atoms with E-state index < -0.39 is 0 Å². The Morgan fingerprint density at radius 2 is 1.80 bits per heavy atom. The van der Waals surface area contributed by atoms with Crippen molar-refractivity contribution in [2.75, 3.05) is 13.6 Å². The van der Waals surface area contributed by atoms with Gasteiger partial charge in [0, 0.05) is 13.6 Å². The first kappa shape index (κ1) is 14.0. The van der Waals surface area contributed by atoms with Gasteiger partial charge in [0.05, 0.1) is 0 Å². The number of rotatable bonds is 7. The fourth-order valence-electron chi connectivity index (χ4n) is 1.30. The molecule has 0 radical (unpaired) electrons. The van der Waals surface area contributed by atoms with Crippen LogP contribution in [0.4, 0.5) is 0 Å². The van der Waals surface area contributed by atoms with Crippen LogP contribution in [0.25, 0.3) is 0 Å². The largest absolute Gasteiger partial charge is 0.377 e. The van der Waals surface area contributed by atoms with Gasteiger partial charge < -0.3 is 4.90 Å². The molecule has 0 aliphatic carbocycles. The second-order valence-corrected chi connectivity index (χ2v) is 4.14. The Hall–Kier alpha value is -0.980. The number of nitrogens with zero attached hydrogens (tertiary/aromatic N) is 1. The zero-order chi connectivity index (χ0) is 11.5. The third-order valence-corrected chi connectivity index (χ3v) is 1.98. The van der Waals surface area contributed by atoms with Crippen molar-refractivity contribution in [3.63, 3.8) is 0 Å². The highest BCUT2D eigenvalue weighted by molar-refractivity contribution is 5.04. The predicted molar refractivity (Wildman–Crippen MR) is 69.9 cm³/mol. The quantitative estimate of drug-likeness (QED) is 0.448. The third kappa shape index (κ3) is 10.9. The van der Waals surface area contributed by atoms with Crippen LogP contribution < -0.4 is 0 Å². The van der Waals surface area contributed by atoms with Crippen LogP contribution in [-0.4, -0.2) is 18.5 Å². The lowest BCUT2D eigenvalue weighted by Crippen LogP contribution is -2.10. The van der Waals surface area contributed by atoms with E-state index in [0.29, 0.717) is 0 Å². The number of unbranched alkanes of at least 4 members (excludes halogenated alkanes) is 2. The Morgan fingerprint density at radius 3 is 2.40 bits per heavy atom. The Morgan fingerprint density at radius 1 is 1.13 bits per heavy atom. The van der Waals surface area contributed by atoms with E-state index in [4.69, 9.17) is 0 Å². The van der Waals surface area contributed by atoms with Crippen LogP contribution in [0.5, 0.6) is 0 Å². The summed E-state index contributed by atoms with van der Waals surface area (Å²) in [5, 5.41) is 0. The van der Waals surface area contributed by atoms with Gasteiger partial charge >= 0.3 is 0 Å². The van der Waals surface area contributed by atoms with E-state index in [-0.39, 0.29) is 0 Å². The zero-order valence-corrected chi connectivity index (χ0v) is 10.7. The highest BCUT2D eigenvalue weighted by Gasteiger charge is 1.85. The maximum Gasteiger partial charge on any atom is 0.0353 e. The van der Waals surface area contributed by atoms with Crippen molar-refractivity contribution in [2.45, 2.75) is 40.0 Å². The second kappa shape index (κ2) is 9.57. The molecular weight excluding hydrogens is 182 g/mol. The molecule has 0 aromatic heterocycles. The lowest BCUT2D eigenvalue weighted by Gasteiger charge is -2.10. The molecule has 0 rings (SSSR count). The summed E-state index contributed by atoms with van der Waals surface area (Å²) in [5.74, 6) is 0. The Kier molecular flexibility index (Phi) is 8.95. The molecule has 0 atom stereocenters. The van der Waals surface area contributed by atoms with Gasteiger partial charge in [-0.25, -0.2) is 0 Å². The molecule has 0 saturated carbocycles. The summed E-state index contributed by atoms with van der Waals surface area (Å²) in [6.45, 7) is 7.43. The molecule has 0 aliphatic heterocycles. The first-order valence-electron chi connectivity index (χ1n) is 5.83. The first-order valence-corrected chi connectivity index (χ1v) is 5.83. The monoisotopic (exact) mass is 207 g/mol. The van der Waals surface area contributed by atoms with Crippen LogP contribution >= 0.6 is 0 Å². The molecule has 0 aliphatic rings. The van der Waals surface area contributed by atoms with Gasteiger partial charge in [-0.15, -0.1) is 0 Å². The van der Waals surface area contributed by atoms with E-state index in [1.54, 1.807) is 0 Å². The normalized spacial score (nSPS) is 11.2. The zero-order valence-electron chi connectivity index (χ0n) is 10.7. The molecule has 1 nitrogen and oxygen atoms in total. The lowest BCUT2D eigenvalue weighted by atomic mass is 10.2. The minimum atomic E-state index is 0.975. The minimum Gasteiger partial charge on any atom is -0.377 e. The number of hydrogen-bond donors (Lipinski definition) is 0. The fourth-order valence-corrected chi connectivity index (χ4v) is 1.30. The molecule has 0 aromatic carbocycles. The molecule has 0 aromatic rings. The molecule has 0 spiro atoms. The van der Waals surface area contributed by atoms with Gasteiger partial charge in [0.25, 0.3) is 0 Å². The van der Waals surface area contributed by atoms with Crippen molar-refractivity contribution in [1.82, 2.24) is 4.90 Å². The summed E-state index contributed by atoms with van der Waals surface area (Å²) in [4.78, 5) is 2.19. The molecular formula is C14H25N. The lowest BCUT2D eigenvalue weighted by molar-refractivity contribution is 0.505. The summed E-state index contributed by atoms with van der Waals surface area (Å²) in [6.07, 6.45) is 14.6. The van der Waals surface area contributed by atoms with Crippen LogP contribution in [0.1, 0.15) is 40.0 Å². The van der Waals surface area contributed by atoms with Crippen molar-refractivity contribution in [1.29, 1.82) is 0 Å². The average molecular weight is 207 g/mol. The maximum atomic E-state index is 2.24. The molecule has 0 fully saturated rings. The van der Waals surface area contributed by atoms with E-state index in [1.165, 1.54) is 24.8 Å². The molecule has 0 amide bonds. The number of hydrogen-bond acceptors (Lipinski definition) is 1. The van der Waals surface area contributed by atoms with Crippen LogP contribution in [0.2, 0.25) is 0 Å². The maximum absolute atomic E-state index is 2.24. The molecule has 86 valence electrons. The highest BCUT2D eigenvalue weighted by atomic mass is 15.1. The predicted octanol–water partition coefficient (Wildman–Crippen LogP) is 4.14. The molecule has 0 bridgehead atoms. The molecule has 15 heavy (non-hydrogen) atoms. The molecule has 0 heterocycles. The fraction of sp³-hybridized carbons (Fsp3) is 0.571. The summed E-state index contributed by atoms with van der Waals surface area (Å²) in [6, 6.07) is 0. The van der Waals surface area contributed by atoms with Gasteiger partial charge in [-0.1, -0.05) is 49.6 Å². The Balaban J connectivity index is 3.62. The van der Waals surface area contributed by atoms with Crippen LogP contribution in [0.15, 0.2) is 36.1 Å². The molecule has 1 heteroatoms. The van der Waals surface area contributed by atoms with E-state index in [0.717, 1.165) is 6.54 Å². The van der Waals surface area contributed by atoms with Gasteiger partial charge in [-0.3, -0.25) is 0 Å². The van der Waals surface area contributed by atoms with E-state index >= 15 is 0 Å². The summed E-state index contributed by atoms with van der Waals surface area (Å²) < 4.78 is 0. The average Bonchev–Trinajstić information content (AvgIpc) is 2.15. The van der Waals surface area contributed by atoms with Crippen molar-refractivity contribution in [2.24, 2.45) is 0 Å². The van der Waals surface area contributed by atoms with Crippen LogP contribution in [0, 0.1) is 0 Å². The molecule has 0 saturated heterocycles. The Bertz CT molecular complexity index is 219. The summed E-state index contributed by atoms with van der Waals surface area (Å²) >= 11 is 0. The SMILES string of the molecule is CCCC/C=C\C=CCN(C)C=C(C)C. The highest BCUT2D eigenvalue weighted by Crippen LogP contribution is 1.96. The topological polar surface area (TPSA) is 3.24 Å². The van der Waals surface area contributed by atoms with Crippen molar-refractivity contribution in [3.8, 4) is 0 Å². The third-order valence-electron chi connectivity index (χ3n) is 1.98. The van der Waals surface area contributed by atoms with E-state index in [2.05, 4.69) is 63.2 Å². The number of likely N-dealkylation sites (N-methyl/N-ethyl adjacent to an activating group) is 1. The van der Waals surface area contributed by atoms with Gasteiger partial charge in [0.1, 0.15) is 0 Å². The van der Waals surface area contributed by atoms with Gasteiger partial charge in [0.2, 0.25) is 0 Å². The first-order chi connectivity index (χ1) is 7.16. The molecule has 0 N–H and O–H groups in total. The number of allylic oxidation sites excluding steroid dienone is 4. The summed E-state index contributed by atoms with van der Waals surface area (Å²) in [5.41, 5.74) is 1.34. The van der Waals surface area contributed by atoms with Crippen molar-refractivity contribution < 1.29 is 0 Å². The van der Waals surface area contributed by atoms with Crippen molar-refractivity contribution in [3.05, 3.63) is 36.1 Å². The smallest absolute Gasteiger partial charge is 0.0353 e. The van der Waals surface area contributed by atoms with E-state index in [9.17, 15) is 0 Å². The van der Waals surface area contributed by atoms with Crippen LogP contribution in [-0.2, 0) is 0 Å². The second-order valence-electron chi connectivity index (χ2n) is 4.14. The van der Waals surface area contributed by atoms with Gasteiger partial charge in [0.15, 0.2) is 0 Å². The standard InChI is InChI=1S/C14H25N/c1-5-6-7-8-9-10-11-12-15(4)13-14(2)3/h8-11,13H,5-7,12H2,1-4H3/b9-8-,11-10?. The summed E-state index contributed by atoms with van der Waals surface area (Å²) in [7, 11) is 2.10.